The summed E-state index contributed by atoms with van der Waals surface area (Å²) in [7, 11) is 0. The second kappa shape index (κ2) is 5.44. The van der Waals surface area contributed by atoms with Gasteiger partial charge in [-0.15, -0.1) is 0 Å². The molecule has 0 saturated carbocycles. The highest BCUT2D eigenvalue weighted by atomic mass is 16.4. The van der Waals surface area contributed by atoms with Gasteiger partial charge in [-0.3, -0.25) is 9.78 Å². The fourth-order valence-corrected chi connectivity index (χ4v) is 1.39. The van der Waals surface area contributed by atoms with Crippen LogP contribution in [-0.2, 0) is 4.79 Å². The van der Waals surface area contributed by atoms with Crippen LogP contribution < -0.4 is 4.90 Å². The Morgan fingerprint density at radius 1 is 1.44 bits per heavy atom. The van der Waals surface area contributed by atoms with Gasteiger partial charge in [-0.1, -0.05) is 6.92 Å². The van der Waals surface area contributed by atoms with E-state index in [9.17, 15) is 4.79 Å². The quantitative estimate of drug-likeness (QED) is 0.817. The lowest BCUT2D eigenvalue weighted by Crippen LogP contribution is -2.31. The molecule has 1 N–H and O–H groups in total. The van der Waals surface area contributed by atoms with Gasteiger partial charge in [-0.25, -0.2) is 4.98 Å². The normalized spacial score (nSPS) is 10.2. The third kappa shape index (κ3) is 3.18. The van der Waals surface area contributed by atoms with E-state index in [0.717, 1.165) is 17.8 Å². The molecule has 1 aromatic heterocycles. The smallest absolute Gasteiger partial charge is 0.323 e. The predicted molar refractivity (Wildman–Crippen MR) is 61.6 cm³/mol. The zero-order valence-electron chi connectivity index (χ0n) is 9.90. The Morgan fingerprint density at radius 2 is 2.12 bits per heavy atom. The molecule has 5 heteroatoms. The number of hydrogen-bond acceptors (Lipinski definition) is 4. The lowest BCUT2D eigenvalue weighted by Gasteiger charge is -2.21. The molecular formula is C11H17N3O2. The van der Waals surface area contributed by atoms with Gasteiger partial charge in [0.15, 0.2) is 0 Å². The molecular weight excluding hydrogens is 206 g/mol. The van der Waals surface area contributed by atoms with Crippen molar-refractivity contribution < 1.29 is 9.90 Å². The van der Waals surface area contributed by atoms with Crippen molar-refractivity contribution >= 4 is 11.8 Å². The summed E-state index contributed by atoms with van der Waals surface area (Å²) in [5.74, 6) is -0.221. The number of aliphatic carboxylic acids is 1. The first kappa shape index (κ1) is 12.4. The Bertz CT molecular complexity index is 379. The zero-order valence-corrected chi connectivity index (χ0v) is 9.90. The monoisotopic (exact) mass is 223 g/mol. The minimum absolute atomic E-state index is 0.0367. The topological polar surface area (TPSA) is 66.3 Å². The number of carboxylic acids is 1. The molecule has 0 bridgehead atoms. The number of hydrogen-bond donors (Lipinski definition) is 1. The van der Waals surface area contributed by atoms with Gasteiger partial charge in [0, 0.05) is 6.54 Å². The summed E-state index contributed by atoms with van der Waals surface area (Å²) in [6, 6.07) is 0. The summed E-state index contributed by atoms with van der Waals surface area (Å²) in [4.78, 5) is 21.0. The molecule has 0 aliphatic rings. The van der Waals surface area contributed by atoms with Gasteiger partial charge in [-0.2, -0.15) is 0 Å². The maximum atomic E-state index is 10.7. The van der Waals surface area contributed by atoms with E-state index < -0.39 is 5.97 Å². The fraction of sp³-hybridized carbons (Fsp3) is 0.545. The molecule has 0 amide bonds. The first-order valence-corrected chi connectivity index (χ1v) is 5.31. The molecule has 0 aliphatic heterocycles. The molecule has 0 atom stereocenters. The van der Waals surface area contributed by atoms with Crippen LogP contribution in [0.4, 0.5) is 5.82 Å². The van der Waals surface area contributed by atoms with Crippen LogP contribution >= 0.6 is 0 Å². The third-order valence-corrected chi connectivity index (χ3v) is 2.32. The Kier molecular flexibility index (Phi) is 4.22. The van der Waals surface area contributed by atoms with Crippen molar-refractivity contribution in [3.8, 4) is 0 Å². The van der Waals surface area contributed by atoms with E-state index in [-0.39, 0.29) is 6.54 Å². The van der Waals surface area contributed by atoms with Gasteiger partial charge >= 0.3 is 5.97 Å². The predicted octanol–water partition coefficient (Wildman–Crippen LogP) is 1.39. The number of carbonyl (C=O) groups is 1. The van der Waals surface area contributed by atoms with Crippen LogP contribution in [0.2, 0.25) is 0 Å². The number of aromatic nitrogens is 2. The number of carboxylic acid groups (broad SMARTS) is 1. The maximum Gasteiger partial charge on any atom is 0.323 e. The van der Waals surface area contributed by atoms with Gasteiger partial charge in [0.2, 0.25) is 0 Å². The molecule has 0 aliphatic carbocycles. The molecule has 0 fully saturated rings. The van der Waals surface area contributed by atoms with Crippen LogP contribution in [0.25, 0.3) is 0 Å². The van der Waals surface area contributed by atoms with Crippen molar-refractivity contribution in [2.24, 2.45) is 0 Å². The molecule has 5 nitrogen and oxygen atoms in total. The minimum atomic E-state index is -0.853. The molecule has 0 saturated heterocycles. The van der Waals surface area contributed by atoms with E-state index in [1.165, 1.54) is 0 Å². The second-order valence-corrected chi connectivity index (χ2v) is 3.71. The van der Waals surface area contributed by atoms with Crippen molar-refractivity contribution in [1.29, 1.82) is 0 Å². The summed E-state index contributed by atoms with van der Waals surface area (Å²) in [5, 5.41) is 8.81. The van der Waals surface area contributed by atoms with Crippen molar-refractivity contribution in [2.45, 2.75) is 27.2 Å². The Morgan fingerprint density at radius 3 is 2.62 bits per heavy atom. The standard InChI is InChI=1S/C11H17N3O2/c1-4-5-14(7-11(15)16)10-6-12-8(2)9(3)13-10/h6H,4-5,7H2,1-3H3,(H,15,16). The van der Waals surface area contributed by atoms with Gasteiger partial charge < -0.3 is 10.0 Å². The summed E-state index contributed by atoms with van der Waals surface area (Å²) in [6.45, 7) is 6.39. The van der Waals surface area contributed by atoms with Crippen molar-refractivity contribution in [3.63, 3.8) is 0 Å². The highest BCUT2D eigenvalue weighted by Crippen LogP contribution is 2.11. The van der Waals surface area contributed by atoms with Crippen LogP contribution in [0, 0.1) is 13.8 Å². The Hall–Kier alpha value is -1.65. The SMILES string of the molecule is CCCN(CC(=O)O)c1cnc(C)c(C)n1. The molecule has 0 aromatic carbocycles. The van der Waals surface area contributed by atoms with E-state index in [4.69, 9.17) is 5.11 Å². The molecule has 0 radical (unpaired) electrons. The number of aryl methyl sites for hydroxylation is 2. The summed E-state index contributed by atoms with van der Waals surface area (Å²) in [6.07, 6.45) is 2.50. The van der Waals surface area contributed by atoms with E-state index >= 15 is 0 Å². The second-order valence-electron chi connectivity index (χ2n) is 3.71. The van der Waals surface area contributed by atoms with E-state index in [2.05, 4.69) is 9.97 Å². The van der Waals surface area contributed by atoms with Gasteiger partial charge in [0.1, 0.15) is 12.4 Å². The molecule has 1 heterocycles. The first-order chi connectivity index (χ1) is 7.54. The summed E-state index contributed by atoms with van der Waals surface area (Å²) >= 11 is 0. The molecule has 1 rings (SSSR count). The summed E-state index contributed by atoms with van der Waals surface area (Å²) in [5.41, 5.74) is 1.71. The van der Waals surface area contributed by atoms with Crippen LogP contribution in [0.15, 0.2) is 6.20 Å². The van der Waals surface area contributed by atoms with Crippen molar-refractivity contribution in [3.05, 3.63) is 17.6 Å². The zero-order chi connectivity index (χ0) is 12.1. The van der Waals surface area contributed by atoms with Crippen LogP contribution in [0.3, 0.4) is 0 Å². The number of nitrogens with zero attached hydrogens (tertiary/aromatic N) is 3. The van der Waals surface area contributed by atoms with Gasteiger partial charge in [-0.05, 0) is 20.3 Å². The molecule has 0 unspecified atom stereocenters. The molecule has 88 valence electrons. The largest absolute Gasteiger partial charge is 0.480 e. The third-order valence-electron chi connectivity index (χ3n) is 2.32. The van der Waals surface area contributed by atoms with Gasteiger partial charge in [0.25, 0.3) is 0 Å². The van der Waals surface area contributed by atoms with Gasteiger partial charge in [0.05, 0.1) is 17.6 Å². The maximum absolute atomic E-state index is 10.7. The van der Waals surface area contributed by atoms with Crippen molar-refractivity contribution in [2.75, 3.05) is 18.0 Å². The minimum Gasteiger partial charge on any atom is -0.480 e. The lowest BCUT2D eigenvalue weighted by molar-refractivity contribution is -0.135. The lowest BCUT2D eigenvalue weighted by atomic mass is 10.3. The van der Waals surface area contributed by atoms with E-state index in [1.807, 2.05) is 20.8 Å². The summed E-state index contributed by atoms with van der Waals surface area (Å²) < 4.78 is 0. The molecule has 1 aromatic rings. The van der Waals surface area contributed by atoms with Crippen molar-refractivity contribution in [1.82, 2.24) is 9.97 Å². The average Bonchev–Trinajstić information content (AvgIpc) is 2.21. The van der Waals surface area contributed by atoms with E-state index in [0.29, 0.717) is 12.4 Å². The average molecular weight is 223 g/mol. The highest BCUT2D eigenvalue weighted by molar-refractivity contribution is 5.73. The first-order valence-electron chi connectivity index (χ1n) is 5.31. The fourth-order valence-electron chi connectivity index (χ4n) is 1.39. The van der Waals surface area contributed by atoms with E-state index in [1.54, 1.807) is 11.1 Å². The Balaban J connectivity index is 2.91. The van der Waals surface area contributed by atoms with Crippen LogP contribution in [0.1, 0.15) is 24.7 Å². The number of rotatable bonds is 5. The van der Waals surface area contributed by atoms with Crippen LogP contribution in [-0.4, -0.2) is 34.1 Å². The molecule has 0 spiro atoms. The molecule has 16 heavy (non-hydrogen) atoms. The number of anilines is 1. The highest BCUT2D eigenvalue weighted by Gasteiger charge is 2.12. The Labute approximate surface area is 95.1 Å². The van der Waals surface area contributed by atoms with Crippen LogP contribution in [0.5, 0.6) is 0 Å².